The SMILES string of the molecule is O=C(O)Cn1cc[n+](CC(=O)O)c1. The summed E-state index contributed by atoms with van der Waals surface area (Å²) < 4.78 is 2.79. The zero-order chi connectivity index (χ0) is 9.84. The molecule has 0 amide bonds. The van der Waals surface area contributed by atoms with Crippen LogP contribution in [-0.4, -0.2) is 26.7 Å². The number of imidazole rings is 1. The Labute approximate surface area is 73.7 Å². The Morgan fingerprint density at radius 3 is 2.54 bits per heavy atom. The molecule has 0 unspecified atom stereocenters. The molecule has 1 rings (SSSR count). The van der Waals surface area contributed by atoms with Gasteiger partial charge in [-0.15, -0.1) is 0 Å². The summed E-state index contributed by atoms with van der Waals surface area (Å²) in [6, 6.07) is 0. The molecule has 70 valence electrons. The van der Waals surface area contributed by atoms with E-state index in [1.807, 2.05) is 0 Å². The monoisotopic (exact) mass is 185 g/mol. The third-order valence-electron chi connectivity index (χ3n) is 1.38. The highest BCUT2D eigenvalue weighted by Crippen LogP contribution is 1.84. The van der Waals surface area contributed by atoms with E-state index in [9.17, 15) is 9.59 Å². The summed E-state index contributed by atoms with van der Waals surface area (Å²) in [5.41, 5.74) is 0. The second-order valence-electron chi connectivity index (χ2n) is 2.55. The van der Waals surface area contributed by atoms with Crippen molar-refractivity contribution in [3.8, 4) is 0 Å². The Hall–Kier alpha value is -1.85. The summed E-state index contributed by atoms with van der Waals surface area (Å²) in [4.78, 5) is 20.5. The molecular formula is C7H9N2O4+. The zero-order valence-electron chi connectivity index (χ0n) is 6.75. The minimum absolute atomic E-state index is 0.160. The van der Waals surface area contributed by atoms with E-state index < -0.39 is 11.9 Å². The van der Waals surface area contributed by atoms with Crippen LogP contribution in [0.15, 0.2) is 18.7 Å². The first-order valence-corrected chi connectivity index (χ1v) is 3.56. The van der Waals surface area contributed by atoms with Gasteiger partial charge in [-0.25, -0.2) is 18.7 Å². The maximum Gasteiger partial charge on any atom is 0.346 e. The van der Waals surface area contributed by atoms with Gasteiger partial charge in [0, 0.05) is 0 Å². The molecule has 1 aromatic rings. The lowest BCUT2D eigenvalue weighted by molar-refractivity contribution is -0.685. The average Bonchev–Trinajstić information content (AvgIpc) is 2.33. The van der Waals surface area contributed by atoms with Crippen molar-refractivity contribution in [2.45, 2.75) is 13.1 Å². The molecular weight excluding hydrogens is 176 g/mol. The predicted octanol–water partition coefficient (Wildman–Crippen LogP) is -1.06. The van der Waals surface area contributed by atoms with Gasteiger partial charge in [0.15, 0.2) is 13.1 Å². The molecule has 1 aromatic heterocycles. The van der Waals surface area contributed by atoms with E-state index in [1.165, 1.54) is 27.9 Å². The molecule has 13 heavy (non-hydrogen) atoms. The highest BCUT2D eigenvalue weighted by molar-refractivity contribution is 5.66. The summed E-state index contributed by atoms with van der Waals surface area (Å²) in [5, 5.41) is 16.8. The lowest BCUT2D eigenvalue weighted by atomic mass is 10.6. The topological polar surface area (TPSA) is 83.4 Å². The van der Waals surface area contributed by atoms with Gasteiger partial charge in [-0.05, 0) is 0 Å². The van der Waals surface area contributed by atoms with Gasteiger partial charge in [0.05, 0.1) is 0 Å². The maximum atomic E-state index is 10.3. The van der Waals surface area contributed by atoms with Crippen molar-refractivity contribution in [2.75, 3.05) is 0 Å². The molecule has 6 nitrogen and oxygen atoms in total. The summed E-state index contributed by atoms with van der Waals surface area (Å²) >= 11 is 0. The minimum Gasteiger partial charge on any atom is -0.478 e. The third kappa shape index (κ3) is 2.94. The highest BCUT2D eigenvalue weighted by atomic mass is 16.4. The Balaban J connectivity index is 2.63. The van der Waals surface area contributed by atoms with Gasteiger partial charge in [0.25, 0.3) is 0 Å². The smallest absolute Gasteiger partial charge is 0.346 e. The predicted molar refractivity (Wildman–Crippen MR) is 39.9 cm³/mol. The zero-order valence-corrected chi connectivity index (χ0v) is 6.75. The quantitative estimate of drug-likeness (QED) is 0.586. The van der Waals surface area contributed by atoms with E-state index in [1.54, 1.807) is 0 Å². The molecule has 0 saturated carbocycles. The number of aliphatic carboxylic acids is 2. The molecule has 0 aromatic carbocycles. The van der Waals surface area contributed by atoms with Crippen molar-refractivity contribution in [2.24, 2.45) is 0 Å². The number of carboxylic acid groups (broad SMARTS) is 2. The van der Waals surface area contributed by atoms with Crippen LogP contribution in [0.2, 0.25) is 0 Å². The molecule has 0 radical (unpaired) electrons. The lowest BCUT2D eigenvalue weighted by Gasteiger charge is -1.88. The van der Waals surface area contributed by atoms with Crippen LogP contribution in [0, 0.1) is 0 Å². The maximum absolute atomic E-state index is 10.3. The van der Waals surface area contributed by atoms with Crippen LogP contribution in [-0.2, 0) is 22.7 Å². The Morgan fingerprint density at radius 2 is 2.00 bits per heavy atom. The Bertz CT molecular complexity index is 300. The lowest BCUT2D eigenvalue weighted by Crippen LogP contribution is -2.35. The van der Waals surface area contributed by atoms with Gasteiger partial charge >= 0.3 is 11.9 Å². The number of carbonyl (C=O) groups is 2. The first-order valence-electron chi connectivity index (χ1n) is 3.56. The van der Waals surface area contributed by atoms with Gasteiger partial charge in [-0.3, -0.25) is 0 Å². The number of nitrogens with zero attached hydrogens (tertiary/aromatic N) is 2. The molecule has 0 bridgehead atoms. The van der Waals surface area contributed by atoms with Gasteiger partial charge in [-0.1, -0.05) is 0 Å². The third-order valence-corrected chi connectivity index (χ3v) is 1.38. The number of carboxylic acids is 2. The standard InChI is InChI=1S/C7H8N2O4/c10-6(11)3-8-1-2-9(5-8)4-7(12)13/h1-2,5H,3-4H2,(H-,10,11,12,13)/p+1. The summed E-state index contributed by atoms with van der Waals surface area (Å²) in [5.74, 6) is -1.92. The second kappa shape index (κ2) is 3.70. The normalized spacial score (nSPS) is 9.85. The fraction of sp³-hybridized carbons (Fsp3) is 0.286. The van der Waals surface area contributed by atoms with Crippen molar-refractivity contribution in [3.05, 3.63) is 18.7 Å². The van der Waals surface area contributed by atoms with Crippen molar-refractivity contribution in [1.29, 1.82) is 0 Å². The average molecular weight is 185 g/mol. The molecule has 0 fully saturated rings. The van der Waals surface area contributed by atoms with Gasteiger partial charge in [-0.2, -0.15) is 0 Å². The van der Waals surface area contributed by atoms with E-state index in [-0.39, 0.29) is 13.1 Å². The van der Waals surface area contributed by atoms with E-state index in [0.29, 0.717) is 0 Å². The summed E-state index contributed by atoms with van der Waals surface area (Å²) in [6.07, 6.45) is 4.45. The fourth-order valence-electron chi connectivity index (χ4n) is 0.938. The molecule has 0 aliphatic carbocycles. The van der Waals surface area contributed by atoms with Crippen LogP contribution < -0.4 is 4.57 Å². The molecule has 1 heterocycles. The summed E-state index contributed by atoms with van der Waals surface area (Å²) in [6.45, 7) is -0.320. The first-order chi connectivity index (χ1) is 6.08. The fourth-order valence-corrected chi connectivity index (χ4v) is 0.938. The van der Waals surface area contributed by atoms with Gasteiger partial charge < -0.3 is 10.2 Å². The molecule has 6 heteroatoms. The van der Waals surface area contributed by atoms with Crippen LogP contribution in [0.3, 0.4) is 0 Å². The highest BCUT2D eigenvalue weighted by Gasteiger charge is 2.09. The van der Waals surface area contributed by atoms with E-state index in [4.69, 9.17) is 10.2 Å². The Morgan fingerprint density at radius 1 is 1.31 bits per heavy atom. The van der Waals surface area contributed by atoms with Crippen LogP contribution in [0.1, 0.15) is 0 Å². The second-order valence-corrected chi connectivity index (χ2v) is 2.55. The van der Waals surface area contributed by atoms with Crippen molar-refractivity contribution in [3.63, 3.8) is 0 Å². The van der Waals surface area contributed by atoms with E-state index >= 15 is 0 Å². The number of aromatic nitrogens is 2. The molecule has 0 saturated heterocycles. The van der Waals surface area contributed by atoms with Crippen molar-refractivity contribution >= 4 is 11.9 Å². The largest absolute Gasteiger partial charge is 0.478 e. The van der Waals surface area contributed by atoms with Gasteiger partial charge in [0.2, 0.25) is 6.33 Å². The Kier molecular flexibility index (Phi) is 2.63. The van der Waals surface area contributed by atoms with Crippen LogP contribution >= 0.6 is 0 Å². The molecule has 2 N–H and O–H groups in total. The molecule has 0 aliphatic heterocycles. The van der Waals surface area contributed by atoms with Crippen LogP contribution in [0.4, 0.5) is 0 Å². The van der Waals surface area contributed by atoms with Gasteiger partial charge in [0.1, 0.15) is 12.4 Å². The molecule has 0 atom stereocenters. The van der Waals surface area contributed by atoms with Crippen LogP contribution in [0.25, 0.3) is 0 Å². The van der Waals surface area contributed by atoms with E-state index in [2.05, 4.69) is 0 Å². The minimum atomic E-state index is -0.960. The molecule has 0 aliphatic rings. The van der Waals surface area contributed by atoms with Crippen molar-refractivity contribution < 1.29 is 24.4 Å². The van der Waals surface area contributed by atoms with Crippen molar-refractivity contribution in [1.82, 2.24) is 4.57 Å². The van der Waals surface area contributed by atoms with Crippen LogP contribution in [0.5, 0.6) is 0 Å². The first kappa shape index (κ1) is 9.24. The number of hydrogen-bond donors (Lipinski definition) is 2. The molecule has 0 spiro atoms. The number of rotatable bonds is 4. The van der Waals surface area contributed by atoms with E-state index in [0.717, 1.165) is 0 Å². The summed E-state index contributed by atoms with van der Waals surface area (Å²) in [7, 11) is 0. The number of hydrogen-bond acceptors (Lipinski definition) is 2.